The summed E-state index contributed by atoms with van der Waals surface area (Å²) in [7, 11) is 1.74. The minimum Gasteiger partial charge on any atom is -0.373 e. The first kappa shape index (κ1) is 12.9. The van der Waals surface area contributed by atoms with Crippen LogP contribution in [0.4, 0.5) is 23.3 Å². The van der Waals surface area contributed by atoms with Crippen LogP contribution in [0.3, 0.4) is 0 Å². The highest BCUT2D eigenvalue weighted by Crippen LogP contribution is 2.26. The maximum absolute atomic E-state index is 8.77. The molecule has 0 aliphatic carbocycles. The summed E-state index contributed by atoms with van der Waals surface area (Å²) in [5, 5.41) is 15.1. The number of hydrogen-bond donors (Lipinski definition) is 3. The van der Waals surface area contributed by atoms with Gasteiger partial charge in [-0.1, -0.05) is 11.6 Å². The molecule has 0 aliphatic heterocycles. The molecule has 2 aromatic rings. The van der Waals surface area contributed by atoms with Gasteiger partial charge in [0.05, 0.1) is 22.3 Å². The molecule has 7 heteroatoms. The summed E-state index contributed by atoms with van der Waals surface area (Å²) in [6.45, 7) is 0. The molecule has 1 heterocycles. The number of nitrogen functional groups attached to an aromatic ring is 1. The Kier molecular flexibility index (Phi) is 3.68. The number of benzene rings is 1. The Morgan fingerprint density at radius 1 is 1.26 bits per heavy atom. The first-order chi connectivity index (χ1) is 9.12. The second-order valence-corrected chi connectivity index (χ2v) is 4.09. The van der Waals surface area contributed by atoms with E-state index in [1.165, 1.54) is 0 Å². The van der Waals surface area contributed by atoms with Crippen molar-refractivity contribution in [1.82, 2.24) is 9.97 Å². The Bertz CT molecular complexity index is 649. The van der Waals surface area contributed by atoms with Gasteiger partial charge in [0.15, 0.2) is 0 Å². The minimum atomic E-state index is 0.152. The molecule has 1 aromatic carbocycles. The molecule has 0 atom stereocenters. The monoisotopic (exact) mass is 274 g/mol. The molecule has 96 valence electrons. The van der Waals surface area contributed by atoms with Crippen molar-refractivity contribution in [3.63, 3.8) is 0 Å². The molecular weight excluding hydrogens is 264 g/mol. The number of nitrogens with two attached hydrogens (primary N) is 1. The first-order valence-electron chi connectivity index (χ1n) is 5.41. The summed E-state index contributed by atoms with van der Waals surface area (Å²) < 4.78 is 0. The topological polar surface area (TPSA) is 99.6 Å². The van der Waals surface area contributed by atoms with E-state index in [4.69, 9.17) is 22.6 Å². The Morgan fingerprint density at radius 3 is 2.63 bits per heavy atom. The third-order valence-corrected chi connectivity index (χ3v) is 2.67. The summed E-state index contributed by atoms with van der Waals surface area (Å²) in [6.07, 6.45) is 0. The van der Waals surface area contributed by atoms with Crippen molar-refractivity contribution in [2.45, 2.75) is 0 Å². The van der Waals surface area contributed by atoms with Crippen LogP contribution in [-0.2, 0) is 0 Å². The highest BCUT2D eigenvalue weighted by Gasteiger charge is 2.05. The van der Waals surface area contributed by atoms with E-state index in [0.717, 1.165) is 0 Å². The third-order valence-electron chi connectivity index (χ3n) is 2.36. The molecule has 0 saturated heterocycles. The van der Waals surface area contributed by atoms with Crippen LogP contribution in [0.15, 0.2) is 24.3 Å². The standard InChI is InChI=1S/C12H11ClN6/c1-16-10-5-11(19-12(15)18-10)17-9-3-2-7(6-14)4-8(9)13/h2-5H,1H3,(H4,15,16,17,18,19). The van der Waals surface area contributed by atoms with Crippen molar-refractivity contribution >= 4 is 34.9 Å². The largest absolute Gasteiger partial charge is 0.373 e. The zero-order valence-corrected chi connectivity index (χ0v) is 10.9. The van der Waals surface area contributed by atoms with Crippen LogP contribution in [0.2, 0.25) is 5.02 Å². The molecule has 6 nitrogen and oxygen atoms in total. The predicted molar refractivity (Wildman–Crippen MR) is 75.4 cm³/mol. The van der Waals surface area contributed by atoms with Gasteiger partial charge in [0, 0.05) is 13.1 Å². The molecule has 1 aromatic heterocycles. The Labute approximate surface area is 115 Å². The highest BCUT2D eigenvalue weighted by atomic mass is 35.5. The second kappa shape index (κ2) is 5.42. The van der Waals surface area contributed by atoms with Gasteiger partial charge < -0.3 is 16.4 Å². The van der Waals surface area contributed by atoms with Crippen LogP contribution in [0.5, 0.6) is 0 Å². The van der Waals surface area contributed by atoms with Gasteiger partial charge in [-0.2, -0.15) is 15.2 Å². The number of halogens is 1. The maximum atomic E-state index is 8.77. The van der Waals surface area contributed by atoms with Crippen molar-refractivity contribution in [1.29, 1.82) is 5.26 Å². The number of nitrogens with one attached hydrogen (secondary N) is 2. The first-order valence-corrected chi connectivity index (χ1v) is 5.79. The molecule has 0 aliphatic rings. The molecule has 0 fully saturated rings. The second-order valence-electron chi connectivity index (χ2n) is 3.68. The summed E-state index contributed by atoms with van der Waals surface area (Å²) in [6, 6.07) is 8.67. The van der Waals surface area contributed by atoms with Crippen LogP contribution < -0.4 is 16.4 Å². The number of nitrogens with zero attached hydrogens (tertiary/aromatic N) is 3. The predicted octanol–water partition coefficient (Wildman–Crippen LogP) is 2.37. The van der Waals surface area contributed by atoms with Gasteiger partial charge in [0.25, 0.3) is 0 Å². The lowest BCUT2D eigenvalue weighted by molar-refractivity contribution is 1.17. The van der Waals surface area contributed by atoms with Crippen LogP contribution in [0.1, 0.15) is 5.56 Å². The zero-order valence-electron chi connectivity index (χ0n) is 10.1. The molecule has 0 radical (unpaired) electrons. The number of aromatic nitrogens is 2. The lowest BCUT2D eigenvalue weighted by atomic mass is 10.2. The molecule has 0 unspecified atom stereocenters. The summed E-state index contributed by atoms with van der Waals surface area (Å²) in [4.78, 5) is 8.04. The SMILES string of the molecule is CNc1cc(Nc2ccc(C#N)cc2Cl)nc(N)n1. The van der Waals surface area contributed by atoms with Gasteiger partial charge in [-0.25, -0.2) is 0 Å². The third kappa shape index (κ3) is 3.03. The van der Waals surface area contributed by atoms with Gasteiger partial charge in [-0.05, 0) is 18.2 Å². The Balaban J connectivity index is 2.31. The highest BCUT2D eigenvalue weighted by molar-refractivity contribution is 6.33. The smallest absolute Gasteiger partial charge is 0.223 e. The van der Waals surface area contributed by atoms with Crippen molar-refractivity contribution < 1.29 is 0 Å². The summed E-state index contributed by atoms with van der Waals surface area (Å²) in [5.41, 5.74) is 6.73. The molecule has 0 spiro atoms. The number of hydrogen-bond acceptors (Lipinski definition) is 6. The Morgan fingerprint density at radius 2 is 2.00 bits per heavy atom. The average Bonchev–Trinajstić information content (AvgIpc) is 2.40. The lowest BCUT2D eigenvalue weighted by Gasteiger charge is -2.09. The van der Waals surface area contributed by atoms with E-state index in [2.05, 4.69) is 20.6 Å². The maximum Gasteiger partial charge on any atom is 0.223 e. The van der Waals surface area contributed by atoms with Crippen LogP contribution in [-0.4, -0.2) is 17.0 Å². The number of rotatable bonds is 3. The number of anilines is 4. The van der Waals surface area contributed by atoms with Crippen molar-refractivity contribution in [2.75, 3.05) is 23.4 Å². The van der Waals surface area contributed by atoms with Crippen LogP contribution >= 0.6 is 11.6 Å². The van der Waals surface area contributed by atoms with E-state index in [0.29, 0.717) is 27.9 Å². The quantitative estimate of drug-likeness (QED) is 0.794. The van der Waals surface area contributed by atoms with Gasteiger partial charge in [0.1, 0.15) is 11.6 Å². The van der Waals surface area contributed by atoms with Gasteiger partial charge in [-0.15, -0.1) is 0 Å². The van der Waals surface area contributed by atoms with Crippen molar-refractivity contribution in [3.8, 4) is 6.07 Å². The van der Waals surface area contributed by atoms with E-state index in [9.17, 15) is 0 Å². The van der Waals surface area contributed by atoms with E-state index in [1.54, 1.807) is 31.3 Å². The van der Waals surface area contributed by atoms with Crippen LogP contribution in [0.25, 0.3) is 0 Å². The van der Waals surface area contributed by atoms with Gasteiger partial charge in [-0.3, -0.25) is 0 Å². The van der Waals surface area contributed by atoms with Gasteiger partial charge >= 0.3 is 0 Å². The van der Waals surface area contributed by atoms with Crippen molar-refractivity contribution in [3.05, 3.63) is 34.9 Å². The lowest BCUT2D eigenvalue weighted by Crippen LogP contribution is -2.03. The molecular formula is C12H11ClN6. The molecule has 0 amide bonds. The number of nitriles is 1. The minimum absolute atomic E-state index is 0.152. The molecule has 0 saturated carbocycles. The van der Waals surface area contributed by atoms with Crippen molar-refractivity contribution in [2.24, 2.45) is 0 Å². The molecule has 19 heavy (non-hydrogen) atoms. The van der Waals surface area contributed by atoms with Gasteiger partial charge in [0.2, 0.25) is 5.95 Å². The zero-order chi connectivity index (χ0) is 13.8. The fraction of sp³-hybridized carbons (Fsp3) is 0.0833. The molecule has 2 rings (SSSR count). The fourth-order valence-corrected chi connectivity index (χ4v) is 1.71. The normalized spacial score (nSPS) is 9.74. The summed E-state index contributed by atoms with van der Waals surface area (Å²) >= 11 is 6.07. The average molecular weight is 275 g/mol. The molecule has 4 N–H and O–H groups in total. The molecule has 0 bridgehead atoms. The van der Waals surface area contributed by atoms with Crippen LogP contribution in [0, 0.1) is 11.3 Å². The van der Waals surface area contributed by atoms with E-state index >= 15 is 0 Å². The van der Waals surface area contributed by atoms with E-state index in [1.807, 2.05) is 6.07 Å². The Hall–Kier alpha value is -2.52. The van der Waals surface area contributed by atoms with E-state index < -0.39 is 0 Å². The fourth-order valence-electron chi connectivity index (χ4n) is 1.48. The summed E-state index contributed by atoms with van der Waals surface area (Å²) in [5.74, 6) is 1.27. The van der Waals surface area contributed by atoms with E-state index in [-0.39, 0.29) is 5.95 Å².